The zero-order valence-corrected chi connectivity index (χ0v) is 13.4. The minimum Gasteiger partial charge on any atom is -0.337 e. The standard InChI is InChI=1S/C15H17BrFN3O/c1-9-3-2-4-15(18,8-9)14-19-13(20-21-14)10-5-11(16)7-12(17)6-10/h5-7,9H,2-4,8,18H2,1H3. The van der Waals surface area contributed by atoms with Gasteiger partial charge in [-0.3, -0.25) is 0 Å². The van der Waals surface area contributed by atoms with Crippen molar-refractivity contribution in [3.05, 3.63) is 34.4 Å². The van der Waals surface area contributed by atoms with Gasteiger partial charge in [0.15, 0.2) is 0 Å². The molecule has 1 aliphatic rings. The van der Waals surface area contributed by atoms with E-state index < -0.39 is 5.54 Å². The molecule has 0 spiro atoms. The molecular formula is C15H17BrFN3O. The van der Waals surface area contributed by atoms with Gasteiger partial charge in [0.25, 0.3) is 0 Å². The Hall–Kier alpha value is -1.27. The second-order valence-electron chi connectivity index (χ2n) is 5.94. The van der Waals surface area contributed by atoms with Gasteiger partial charge < -0.3 is 10.3 Å². The Morgan fingerprint density at radius 3 is 2.95 bits per heavy atom. The fourth-order valence-corrected chi connectivity index (χ4v) is 3.48. The van der Waals surface area contributed by atoms with Crippen LogP contribution in [0.2, 0.25) is 0 Å². The summed E-state index contributed by atoms with van der Waals surface area (Å²) in [7, 11) is 0. The average Bonchev–Trinajstić information content (AvgIpc) is 2.87. The van der Waals surface area contributed by atoms with Gasteiger partial charge in [0.2, 0.25) is 11.7 Å². The third kappa shape index (κ3) is 3.01. The fourth-order valence-electron chi connectivity index (χ4n) is 3.01. The molecule has 1 heterocycles. The van der Waals surface area contributed by atoms with Crippen LogP contribution in [0.15, 0.2) is 27.2 Å². The first-order chi connectivity index (χ1) is 9.96. The molecule has 3 rings (SSSR count). The molecular weight excluding hydrogens is 337 g/mol. The Balaban J connectivity index is 1.92. The third-order valence-corrected chi connectivity index (χ3v) is 4.46. The van der Waals surface area contributed by atoms with Crippen LogP contribution in [0.1, 0.15) is 38.5 Å². The summed E-state index contributed by atoms with van der Waals surface area (Å²) in [6.45, 7) is 2.18. The van der Waals surface area contributed by atoms with Crippen molar-refractivity contribution >= 4 is 15.9 Å². The maximum Gasteiger partial charge on any atom is 0.247 e. The predicted molar refractivity (Wildman–Crippen MR) is 80.9 cm³/mol. The Morgan fingerprint density at radius 2 is 2.24 bits per heavy atom. The molecule has 0 bridgehead atoms. The van der Waals surface area contributed by atoms with E-state index >= 15 is 0 Å². The van der Waals surface area contributed by atoms with Gasteiger partial charge in [0.05, 0.1) is 5.54 Å². The minimum atomic E-state index is -0.562. The highest BCUT2D eigenvalue weighted by atomic mass is 79.9. The van der Waals surface area contributed by atoms with Crippen LogP contribution < -0.4 is 5.73 Å². The molecule has 1 aromatic heterocycles. The summed E-state index contributed by atoms with van der Waals surface area (Å²) >= 11 is 3.26. The zero-order chi connectivity index (χ0) is 15.0. The molecule has 2 N–H and O–H groups in total. The first-order valence-corrected chi connectivity index (χ1v) is 7.85. The van der Waals surface area contributed by atoms with Crippen LogP contribution in [0.5, 0.6) is 0 Å². The summed E-state index contributed by atoms with van der Waals surface area (Å²) in [6, 6.07) is 4.52. The highest BCUT2D eigenvalue weighted by Crippen LogP contribution is 2.37. The van der Waals surface area contributed by atoms with E-state index in [1.165, 1.54) is 18.6 Å². The van der Waals surface area contributed by atoms with Crippen molar-refractivity contribution in [3.63, 3.8) is 0 Å². The Labute approximate surface area is 131 Å². The molecule has 6 heteroatoms. The number of benzene rings is 1. The summed E-state index contributed by atoms with van der Waals surface area (Å²) in [5, 5.41) is 3.96. The number of rotatable bonds is 2. The normalized spacial score (nSPS) is 26.0. The number of aromatic nitrogens is 2. The SMILES string of the molecule is CC1CCCC(N)(c2nc(-c3cc(F)cc(Br)c3)no2)C1. The Bertz CT molecular complexity index is 640. The molecule has 2 aromatic rings. The number of nitrogens with two attached hydrogens (primary N) is 1. The predicted octanol–water partition coefficient (Wildman–Crippen LogP) is 4.00. The summed E-state index contributed by atoms with van der Waals surface area (Å²) in [6.07, 6.45) is 3.91. The van der Waals surface area contributed by atoms with E-state index in [2.05, 4.69) is 33.0 Å². The lowest BCUT2D eigenvalue weighted by molar-refractivity contribution is 0.183. The topological polar surface area (TPSA) is 64.9 Å². The summed E-state index contributed by atoms with van der Waals surface area (Å²) in [5.74, 6) is 1.01. The second kappa shape index (κ2) is 5.50. The van der Waals surface area contributed by atoms with Gasteiger partial charge in [0, 0.05) is 10.0 Å². The van der Waals surface area contributed by atoms with Crippen LogP contribution >= 0.6 is 15.9 Å². The number of hydrogen-bond acceptors (Lipinski definition) is 4. The van der Waals surface area contributed by atoms with Crippen molar-refractivity contribution in [2.75, 3.05) is 0 Å². The molecule has 0 saturated heterocycles. The number of nitrogens with zero attached hydrogens (tertiary/aromatic N) is 2. The molecule has 1 aromatic carbocycles. The molecule has 2 unspecified atom stereocenters. The van der Waals surface area contributed by atoms with Crippen LogP contribution in [-0.2, 0) is 5.54 Å². The third-order valence-electron chi connectivity index (χ3n) is 4.01. The van der Waals surface area contributed by atoms with Gasteiger partial charge >= 0.3 is 0 Å². The van der Waals surface area contributed by atoms with E-state index in [0.717, 1.165) is 19.3 Å². The smallest absolute Gasteiger partial charge is 0.247 e. The second-order valence-corrected chi connectivity index (χ2v) is 6.85. The average molecular weight is 354 g/mol. The molecule has 0 amide bonds. The lowest BCUT2D eigenvalue weighted by Crippen LogP contribution is -2.41. The van der Waals surface area contributed by atoms with Crippen molar-refractivity contribution in [1.82, 2.24) is 10.1 Å². The Kier molecular flexibility index (Phi) is 3.84. The molecule has 4 nitrogen and oxygen atoms in total. The first-order valence-electron chi connectivity index (χ1n) is 7.06. The molecule has 21 heavy (non-hydrogen) atoms. The highest BCUT2D eigenvalue weighted by molar-refractivity contribution is 9.10. The zero-order valence-electron chi connectivity index (χ0n) is 11.8. The van der Waals surface area contributed by atoms with E-state index in [0.29, 0.717) is 27.7 Å². The summed E-state index contributed by atoms with van der Waals surface area (Å²) in [4.78, 5) is 4.40. The van der Waals surface area contributed by atoms with Crippen molar-refractivity contribution < 1.29 is 8.91 Å². The number of halogens is 2. The van der Waals surface area contributed by atoms with Gasteiger partial charge in [-0.15, -0.1) is 0 Å². The van der Waals surface area contributed by atoms with Crippen molar-refractivity contribution in [3.8, 4) is 11.4 Å². The molecule has 1 saturated carbocycles. The number of hydrogen-bond donors (Lipinski definition) is 1. The van der Waals surface area contributed by atoms with Crippen molar-refractivity contribution in [1.29, 1.82) is 0 Å². The van der Waals surface area contributed by atoms with E-state index in [1.54, 1.807) is 6.07 Å². The summed E-state index contributed by atoms with van der Waals surface area (Å²) < 4.78 is 19.5. The molecule has 0 aliphatic heterocycles. The van der Waals surface area contributed by atoms with Crippen molar-refractivity contribution in [2.24, 2.45) is 11.7 Å². The van der Waals surface area contributed by atoms with Crippen LogP contribution in [0.3, 0.4) is 0 Å². The Morgan fingerprint density at radius 1 is 1.43 bits per heavy atom. The van der Waals surface area contributed by atoms with Gasteiger partial charge in [-0.25, -0.2) is 4.39 Å². The van der Waals surface area contributed by atoms with Crippen LogP contribution in [0.25, 0.3) is 11.4 Å². The lowest BCUT2D eigenvalue weighted by atomic mass is 9.77. The van der Waals surface area contributed by atoms with Crippen molar-refractivity contribution in [2.45, 2.75) is 38.1 Å². The van der Waals surface area contributed by atoms with E-state index in [4.69, 9.17) is 10.3 Å². The van der Waals surface area contributed by atoms with Gasteiger partial charge in [-0.2, -0.15) is 4.98 Å². The molecule has 112 valence electrons. The minimum absolute atomic E-state index is 0.348. The van der Waals surface area contributed by atoms with E-state index in [1.807, 2.05) is 0 Å². The van der Waals surface area contributed by atoms with Crippen LogP contribution in [-0.4, -0.2) is 10.1 Å². The van der Waals surface area contributed by atoms with Crippen LogP contribution in [0.4, 0.5) is 4.39 Å². The maximum absolute atomic E-state index is 13.5. The van der Waals surface area contributed by atoms with Crippen LogP contribution in [0, 0.1) is 11.7 Å². The fraction of sp³-hybridized carbons (Fsp3) is 0.467. The van der Waals surface area contributed by atoms with E-state index in [-0.39, 0.29) is 5.82 Å². The monoisotopic (exact) mass is 353 g/mol. The molecule has 2 atom stereocenters. The summed E-state index contributed by atoms with van der Waals surface area (Å²) in [5.41, 5.74) is 6.45. The molecule has 1 fully saturated rings. The highest BCUT2D eigenvalue weighted by Gasteiger charge is 2.37. The van der Waals surface area contributed by atoms with E-state index in [9.17, 15) is 4.39 Å². The van der Waals surface area contributed by atoms with Gasteiger partial charge in [0.1, 0.15) is 5.82 Å². The molecule has 1 aliphatic carbocycles. The maximum atomic E-state index is 13.5. The van der Waals surface area contributed by atoms with Gasteiger partial charge in [-0.05, 0) is 37.0 Å². The largest absolute Gasteiger partial charge is 0.337 e. The lowest BCUT2D eigenvalue weighted by Gasteiger charge is -2.33. The molecule has 0 radical (unpaired) electrons. The first kappa shape index (κ1) is 14.7. The quantitative estimate of drug-likeness (QED) is 0.885. The van der Waals surface area contributed by atoms with Gasteiger partial charge in [-0.1, -0.05) is 40.9 Å².